The summed E-state index contributed by atoms with van der Waals surface area (Å²) in [7, 11) is 0. The van der Waals surface area contributed by atoms with Crippen LogP contribution in [-0.4, -0.2) is 40.7 Å². The summed E-state index contributed by atoms with van der Waals surface area (Å²) in [5, 5.41) is 11.1. The third-order valence-electron chi connectivity index (χ3n) is 3.48. The topological polar surface area (TPSA) is 84.3 Å². The molecule has 136 valence electrons. The highest BCUT2D eigenvalue weighted by Gasteiger charge is 2.24. The van der Waals surface area contributed by atoms with E-state index < -0.39 is 5.25 Å². The zero-order chi connectivity index (χ0) is 18.4. The van der Waals surface area contributed by atoms with Crippen molar-refractivity contribution >= 4 is 39.2 Å². The smallest absolute Gasteiger partial charge is 0.239 e. The van der Waals surface area contributed by atoms with Gasteiger partial charge in [-0.25, -0.2) is 4.98 Å². The fourth-order valence-electron chi connectivity index (χ4n) is 2.34. The predicted octanol–water partition coefficient (Wildman–Crippen LogP) is 3.03. The molecule has 1 atom stereocenters. The number of carbonyl (C=O) groups excluding carboxylic acids is 1. The van der Waals surface area contributed by atoms with Crippen molar-refractivity contribution in [2.75, 3.05) is 19.8 Å². The Labute approximate surface area is 159 Å². The highest BCUT2D eigenvalue weighted by atomic mass is 32.2. The number of aliphatic hydroxyl groups excluding tert-OH is 1. The van der Waals surface area contributed by atoms with Crippen LogP contribution in [0.25, 0.3) is 10.2 Å². The average molecular weight is 390 g/mol. The monoisotopic (exact) mass is 389 g/mol. The van der Waals surface area contributed by atoms with E-state index in [1.807, 2.05) is 43.3 Å². The summed E-state index contributed by atoms with van der Waals surface area (Å²) in [5.74, 6) is 0.610. The second-order valence-corrected chi connectivity index (χ2v) is 7.69. The predicted molar refractivity (Wildman–Crippen MR) is 104 cm³/mol. The highest BCUT2D eigenvalue weighted by molar-refractivity contribution is 8.02. The first-order valence-electron chi connectivity index (χ1n) is 8.20. The van der Waals surface area contributed by atoms with Crippen LogP contribution in [0.15, 0.2) is 46.9 Å². The minimum atomic E-state index is -0.533. The summed E-state index contributed by atoms with van der Waals surface area (Å²) in [6.45, 7) is 2.66. The molecule has 3 rings (SSSR count). The van der Waals surface area contributed by atoms with Crippen LogP contribution < -0.4 is 10.1 Å². The first-order chi connectivity index (χ1) is 12.7. The van der Waals surface area contributed by atoms with Crippen LogP contribution in [0.3, 0.4) is 0 Å². The summed E-state index contributed by atoms with van der Waals surface area (Å²) < 4.78 is 7.32. The van der Waals surface area contributed by atoms with Gasteiger partial charge in [0.05, 0.1) is 29.1 Å². The Balaban J connectivity index is 1.86. The number of rotatable bonds is 8. The van der Waals surface area contributed by atoms with E-state index in [9.17, 15) is 4.79 Å². The zero-order valence-electron chi connectivity index (χ0n) is 14.2. The molecule has 0 saturated heterocycles. The van der Waals surface area contributed by atoms with Crippen LogP contribution in [0.1, 0.15) is 17.9 Å². The summed E-state index contributed by atoms with van der Waals surface area (Å²) in [6, 6.07) is 11.2. The largest absolute Gasteiger partial charge is 0.494 e. The second-order valence-electron chi connectivity index (χ2n) is 5.31. The number of aromatic nitrogens is 2. The summed E-state index contributed by atoms with van der Waals surface area (Å²) in [6.07, 6.45) is 1.66. The molecule has 1 aromatic carbocycles. The lowest BCUT2D eigenvalue weighted by Gasteiger charge is -2.14. The molecule has 6 nitrogen and oxygen atoms in total. The standard InChI is InChI=1S/C18H19N3O3S2/c1-2-24-12-6-7-13-15(11-12)25-18(21-13)26-16(17(23)20-9-10-22)14-5-3-4-8-19-14/h3-8,11,16,22H,2,9-10H2,1H3,(H,20,23). The molecule has 0 fully saturated rings. The number of pyridine rings is 1. The summed E-state index contributed by atoms with van der Waals surface area (Å²) in [4.78, 5) is 21.5. The Morgan fingerprint density at radius 1 is 1.38 bits per heavy atom. The number of thiazole rings is 1. The van der Waals surface area contributed by atoms with E-state index in [-0.39, 0.29) is 19.1 Å². The van der Waals surface area contributed by atoms with Gasteiger partial charge in [0.15, 0.2) is 4.34 Å². The number of aliphatic hydroxyl groups is 1. The Hall–Kier alpha value is -2.16. The molecule has 0 saturated carbocycles. The lowest BCUT2D eigenvalue weighted by atomic mass is 10.2. The molecular weight excluding hydrogens is 370 g/mol. The normalized spacial score (nSPS) is 12.1. The van der Waals surface area contributed by atoms with Crippen LogP contribution in [0.4, 0.5) is 0 Å². The number of amides is 1. The van der Waals surface area contributed by atoms with Crippen LogP contribution >= 0.6 is 23.1 Å². The molecule has 0 bridgehead atoms. The molecule has 26 heavy (non-hydrogen) atoms. The van der Waals surface area contributed by atoms with Crippen molar-refractivity contribution in [3.8, 4) is 5.75 Å². The molecule has 0 radical (unpaired) electrons. The van der Waals surface area contributed by atoms with Crippen LogP contribution in [0.2, 0.25) is 0 Å². The van der Waals surface area contributed by atoms with Gasteiger partial charge >= 0.3 is 0 Å². The number of ether oxygens (including phenoxy) is 1. The van der Waals surface area contributed by atoms with Gasteiger partial charge in [-0.1, -0.05) is 17.8 Å². The van der Waals surface area contributed by atoms with Crippen LogP contribution in [-0.2, 0) is 4.79 Å². The maximum Gasteiger partial charge on any atom is 0.239 e. The number of carbonyl (C=O) groups is 1. The van der Waals surface area contributed by atoms with Crippen molar-refractivity contribution in [2.45, 2.75) is 16.5 Å². The van der Waals surface area contributed by atoms with Crippen molar-refractivity contribution in [1.29, 1.82) is 0 Å². The van der Waals surface area contributed by atoms with E-state index in [1.54, 1.807) is 6.20 Å². The van der Waals surface area contributed by atoms with E-state index in [4.69, 9.17) is 9.84 Å². The Morgan fingerprint density at radius 2 is 2.27 bits per heavy atom. The quantitative estimate of drug-likeness (QED) is 0.576. The van der Waals surface area contributed by atoms with E-state index >= 15 is 0 Å². The third-order valence-corrected chi connectivity index (χ3v) is 5.81. The van der Waals surface area contributed by atoms with Gasteiger partial charge in [-0.15, -0.1) is 11.3 Å². The number of nitrogens with zero attached hydrogens (tertiary/aromatic N) is 2. The van der Waals surface area contributed by atoms with Crippen molar-refractivity contribution < 1.29 is 14.6 Å². The first-order valence-corrected chi connectivity index (χ1v) is 9.90. The van der Waals surface area contributed by atoms with E-state index in [2.05, 4.69) is 15.3 Å². The molecular formula is C18H19N3O3S2. The van der Waals surface area contributed by atoms with Gasteiger partial charge in [0, 0.05) is 12.7 Å². The average Bonchev–Trinajstić information content (AvgIpc) is 3.07. The van der Waals surface area contributed by atoms with Gasteiger partial charge in [0.25, 0.3) is 0 Å². The summed E-state index contributed by atoms with van der Waals surface area (Å²) in [5.41, 5.74) is 1.53. The molecule has 1 unspecified atom stereocenters. The van der Waals surface area contributed by atoms with Crippen LogP contribution in [0.5, 0.6) is 5.75 Å². The van der Waals surface area contributed by atoms with Gasteiger partial charge in [0.2, 0.25) is 5.91 Å². The molecule has 2 heterocycles. The molecule has 0 spiro atoms. The van der Waals surface area contributed by atoms with E-state index in [0.29, 0.717) is 12.3 Å². The number of fused-ring (bicyclic) bond motifs is 1. The molecule has 2 N–H and O–H groups in total. The second kappa shape index (κ2) is 8.98. The number of thioether (sulfide) groups is 1. The molecule has 0 aliphatic rings. The maximum absolute atomic E-state index is 12.5. The number of hydrogen-bond acceptors (Lipinski definition) is 7. The lowest BCUT2D eigenvalue weighted by Crippen LogP contribution is -2.30. The van der Waals surface area contributed by atoms with Crippen molar-refractivity contribution in [2.24, 2.45) is 0 Å². The van der Waals surface area contributed by atoms with Crippen molar-refractivity contribution in [3.63, 3.8) is 0 Å². The molecule has 3 aromatic rings. The van der Waals surface area contributed by atoms with Crippen molar-refractivity contribution in [3.05, 3.63) is 48.3 Å². The van der Waals surface area contributed by atoms with E-state index in [1.165, 1.54) is 23.1 Å². The molecule has 8 heteroatoms. The highest BCUT2D eigenvalue weighted by Crippen LogP contribution is 2.39. The maximum atomic E-state index is 12.5. The Morgan fingerprint density at radius 3 is 3.00 bits per heavy atom. The lowest BCUT2D eigenvalue weighted by molar-refractivity contribution is -0.120. The third kappa shape index (κ3) is 4.51. The molecule has 0 aliphatic carbocycles. The first kappa shape index (κ1) is 18.6. The minimum absolute atomic E-state index is 0.104. The fraction of sp³-hybridized carbons (Fsp3) is 0.278. The van der Waals surface area contributed by atoms with Gasteiger partial charge in [0.1, 0.15) is 11.0 Å². The van der Waals surface area contributed by atoms with Gasteiger partial charge in [-0.05, 0) is 37.3 Å². The number of nitrogens with one attached hydrogen (secondary N) is 1. The molecule has 2 aromatic heterocycles. The minimum Gasteiger partial charge on any atom is -0.494 e. The fourth-order valence-corrected chi connectivity index (χ4v) is 4.62. The number of benzene rings is 1. The van der Waals surface area contributed by atoms with Crippen LogP contribution in [0, 0.1) is 0 Å². The van der Waals surface area contributed by atoms with Gasteiger partial charge in [-0.2, -0.15) is 0 Å². The van der Waals surface area contributed by atoms with E-state index in [0.717, 1.165) is 20.3 Å². The number of hydrogen-bond donors (Lipinski definition) is 2. The Kier molecular flexibility index (Phi) is 6.43. The SMILES string of the molecule is CCOc1ccc2nc(SC(C(=O)NCCO)c3ccccn3)sc2c1. The zero-order valence-corrected chi connectivity index (χ0v) is 15.8. The van der Waals surface area contributed by atoms with Crippen molar-refractivity contribution in [1.82, 2.24) is 15.3 Å². The summed E-state index contributed by atoms with van der Waals surface area (Å²) >= 11 is 2.87. The molecule has 1 amide bonds. The molecule has 0 aliphatic heterocycles. The van der Waals surface area contributed by atoms with Gasteiger partial charge < -0.3 is 15.2 Å². The van der Waals surface area contributed by atoms with Gasteiger partial charge in [-0.3, -0.25) is 9.78 Å². The Bertz CT molecular complexity index is 871.